The van der Waals surface area contributed by atoms with Crippen molar-refractivity contribution in [3.8, 4) is 0 Å². The number of carbonyl (C=O) groups is 2. The zero-order valence-corrected chi connectivity index (χ0v) is 12.9. The Kier molecular flexibility index (Phi) is 4.71. The summed E-state index contributed by atoms with van der Waals surface area (Å²) in [5, 5.41) is 0. The van der Waals surface area contributed by atoms with Gasteiger partial charge in [-0.15, -0.1) is 0 Å². The molecule has 0 N–H and O–H groups in total. The van der Waals surface area contributed by atoms with Gasteiger partial charge in [0.05, 0.1) is 6.04 Å². The Morgan fingerprint density at radius 3 is 2.26 bits per heavy atom. The van der Waals surface area contributed by atoms with Crippen LogP contribution < -0.4 is 0 Å². The monoisotopic (exact) mass is 309 g/mol. The molecule has 1 saturated heterocycles. The van der Waals surface area contributed by atoms with E-state index in [1.807, 2.05) is 60.7 Å². The molecule has 4 nitrogen and oxygen atoms in total. The summed E-state index contributed by atoms with van der Waals surface area (Å²) >= 11 is 0. The fourth-order valence-corrected chi connectivity index (χ4v) is 2.81. The molecule has 0 radical (unpaired) electrons. The predicted octanol–water partition coefficient (Wildman–Crippen LogP) is 3.21. The Morgan fingerprint density at radius 2 is 1.61 bits per heavy atom. The largest absolute Gasteiger partial charge is 0.445 e. The third-order valence-corrected chi connectivity index (χ3v) is 4.06. The maximum atomic E-state index is 12.3. The molecule has 0 aliphatic carbocycles. The number of ketones is 1. The van der Waals surface area contributed by atoms with E-state index in [1.165, 1.54) is 0 Å². The van der Waals surface area contributed by atoms with Crippen LogP contribution in [0.4, 0.5) is 4.79 Å². The number of likely N-dealkylation sites (tertiary alicyclic amines) is 1. The predicted molar refractivity (Wildman–Crippen MR) is 86.9 cm³/mol. The second-order valence-corrected chi connectivity index (χ2v) is 5.66. The second kappa shape index (κ2) is 7.09. The van der Waals surface area contributed by atoms with Crippen LogP contribution in [-0.2, 0) is 22.6 Å². The number of hydrogen-bond donors (Lipinski definition) is 0. The summed E-state index contributed by atoms with van der Waals surface area (Å²) in [6.07, 6.45) is 0.526. The molecule has 23 heavy (non-hydrogen) atoms. The average molecular weight is 309 g/mol. The molecule has 118 valence electrons. The highest BCUT2D eigenvalue weighted by Crippen LogP contribution is 2.20. The van der Waals surface area contributed by atoms with E-state index in [2.05, 4.69) is 0 Å². The van der Waals surface area contributed by atoms with Crippen molar-refractivity contribution in [2.75, 3.05) is 6.54 Å². The molecule has 0 aromatic heterocycles. The van der Waals surface area contributed by atoms with E-state index in [4.69, 9.17) is 4.74 Å². The molecule has 2 aromatic carbocycles. The zero-order valence-electron chi connectivity index (χ0n) is 12.9. The third-order valence-electron chi connectivity index (χ3n) is 4.06. The lowest BCUT2D eigenvalue weighted by Gasteiger charge is -2.23. The highest BCUT2D eigenvalue weighted by atomic mass is 16.6. The molecule has 0 bridgehead atoms. The molecule has 1 aliphatic heterocycles. The molecule has 4 heteroatoms. The summed E-state index contributed by atoms with van der Waals surface area (Å²) in [5.74, 6) is 0.102. The lowest BCUT2D eigenvalue weighted by molar-refractivity contribution is -0.119. The van der Waals surface area contributed by atoms with Gasteiger partial charge in [0, 0.05) is 19.4 Å². The Morgan fingerprint density at radius 1 is 1.00 bits per heavy atom. The van der Waals surface area contributed by atoms with Gasteiger partial charge in [-0.3, -0.25) is 9.69 Å². The van der Waals surface area contributed by atoms with Gasteiger partial charge in [0.2, 0.25) is 0 Å². The minimum atomic E-state index is -0.416. The number of rotatable bonds is 4. The maximum Gasteiger partial charge on any atom is 0.410 e. The molecule has 0 unspecified atom stereocenters. The van der Waals surface area contributed by atoms with E-state index < -0.39 is 12.1 Å². The lowest BCUT2D eigenvalue weighted by Crippen LogP contribution is -2.39. The van der Waals surface area contributed by atoms with Gasteiger partial charge < -0.3 is 4.74 Å². The van der Waals surface area contributed by atoms with Crippen LogP contribution in [0.1, 0.15) is 17.5 Å². The number of ether oxygens (including phenoxy) is 1. The smallest absolute Gasteiger partial charge is 0.410 e. The van der Waals surface area contributed by atoms with Gasteiger partial charge in [0.25, 0.3) is 0 Å². The van der Waals surface area contributed by atoms with E-state index >= 15 is 0 Å². The number of hydrogen-bond acceptors (Lipinski definition) is 3. The van der Waals surface area contributed by atoms with Gasteiger partial charge in [-0.2, -0.15) is 0 Å². The van der Waals surface area contributed by atoms with Gasteiger partial charge in [-0.05, 0) is 11.1 Å². The molecule has 3 rings (SSSR count). The Balaban J connectivity index is 1.63. The molecule has 0 spiro atoms. The Bertz CT molecular complexity index is 670. The van der Waals surface area contributed by atoms with Crippen LogP contribution in [0, 0.1) is 0 Å². The van der Waals surface area contributed by atoms with E-state index in [0.29, 0.717) is 19.4 Å². The lowest BCUT2D eigenvalue weighted by atomic mass is 10.0. The van der Waals surface area contributed by atoms with Crippen molar-refractivity contribution in [1.29, 1.82) is 0 Å². The summed E-state index contributed by atoms with van der Waals surface area (Å²) in [7, 11) is 0. The van der Waals surface area contributed by atoms with E-state index in [-0.39, 0.29) is 12.4 Å². The van der Waals surface area contributed by atoms with Crippen LogP contribution >= 0.6 is 0 Å². The zero-order chi connectivity index (χ0) is 16.1. The van der Waals surface area contributed by atoms with Crippen molar-refractivity contribution in [2.45, 2.75) is 25.5 Å². The van der Waals surface area contributed by atoms with Crippen molar-refractivity contribution in [3.63, 3.8) is 0 Å². The standard InChI is InChI=1S/C19H19NO3/c21-18-11-12-20(17(18)13-15-7-3-1-4-8-15)19(22)23-14-16-9-5-2-6-10-16/h1-10,17H,11-14H2/t17-/m0/s1. The molecular weight excluding hydrogens is 290 g/mol. The fraction of sp³-hybridized carbons (Fsp3) is 0.263. The quantitative estimate of drug-likeness (QED) is 0.871. The number of benzene rings is 2. The highest BCUT2D eigenvalue weighted by Gasteiger charge is 2.36. The number of carbonyl (C=O) groups excluding carboxylic acids is 2. The number of amides is 1. The van der Waals surface area contributed by atoms with Crippen LogP contribution in [0.25, 0.3) is 0 Å². The van der Waals surface area contributed by atoms with Crippen LogP contribution in [0.3, 0.4) is 0 Å². The van der Waals surface area contributed by atoms with Gasteiger partial charge >= 0.3 is 6.09 Å². The van der Waals surface area contributed by atoms with Crippen molar-refractivity contribution in [1.82, 2.24) is 4.90 Å². The normalized spacial score (nSPS) is 17.3. The first-order valence-corrected chi connectivity index (χ1v) is 7.78. The third kappa shape index (κ3) is 3.77. The van der Waals surface area contributed by atoms with Crippen molar-refractivity contribution < 1.29 is 14.3 Å². The van der Waals surface area contributed by atoms with Crippen LogP contribution in [-0.4, -0.2) is 29.4 Å². The van der Waals surface area contributed by atoms with E-state index in [9.17, 15) is 9.59 Å². The summed E-state index contributed by atoms with van der Waals surface area (Å²) in [5.41, 5.74) is 1.99. The first kappa shape index (κ1) is 15.3. The second-order valence-electron chi connectivity index (χ2n) is 5.66. The molecular formula is C19H19NO3. The van der Waals surface area contributed by atoms with Crippen LogP contribution in [0.5, 0.6) is 0 Å². The SMILES string of the molecule is O=C1CCN(C(=O)OCc2ccccc2)[C@H]1Cc1ccccc1. The molecule has 1 heterocycles. The maximum absolute atomic E-state index is 12.3. The van der Waals surface area contributed by atoms with Crippen LogP contribution in [0.2, 0.25) is 0 Å². The minimum Gasteiger partial charge on any atom is -0.445 e. The number of Topliss-reactive ketones (excluding diaryl/α,β-unsaturated/α-hetero) is 1. The minimum absolute atomic E-state index is 0.102. The van der Waals surface area contributed by atoms with Gasteiger partial charge in [0.15, 0.2) is 5.78 Å². The molecule has 0 saturated carbocycles. The first-order valence-electron chi connectivity index (χ1n) is 7.78. The fourth-order valence-electron chi connectivity index (χ4n) is 2.81. The Hall–Kier alpha value is -2.62. The van der Waals surface area contributed by atoms with Crippen molar-refractivity contribution in [3.05, 3.63) is 71.8 Å². The Labute approximate surface area is 135 Å². The van der Waals surface area contributed by atoms with Crippen LogP contribution in [0.15, 0.2) is 60.7 Å². The average Bonchev–Trinajstić information content (AvgIpc) is 2.95. The van der Waals surface area contributed by atoms with Crippen molar-refractivity contribution >= 4 is 11.9 Å². The summed E-state index contributed by atoms with van der Waals surface area (Å²) in [6.45, 7) is 0.659. The summed E-state index contributed by atoms with van der Waals surface area (Å²) in [4.78, 5) is 26.0. The molecule has 1 fully saturated rings. The molecule has 1 aliphatic rings. The molecule has 1 amide bonds. The van der Waals surface area contributed by atoms with Gasteiger partial charge in [0.1, 0.15) is 6.61 Å². The van der Waals surface area contributed by atoms with Gasteiger partial charge in [-0.25, -0.2) is 4.79 Å². The summed E-state index contributed by atoms with van der Waals surface area (Å²) < 4.78 is 5.36. The highest BCUT2D eigenvalue weighted by molar-refractivity contribution is 5.90. The topological polar surface area (TPSA) is 46.6 Å². The van der Waals surface area contributed by atoms with E-state index in [1.54, 1.807) is 4.90 Å². The summed E-state index contributed by atoms with van der Waals surface area (Å²) in [6, 6.07) is 18.9. The van der Waals surface area contributed by atoms with Crippen molar-refractivity contribution in [2.24, 2.45) is 0 Å². The number of nitrogens with zero attached hydrogens (tertiary/aromatic N) is 1. The first-order chi connectivity index (χ1) is 11.2. The van der Waals surface area contributed by atoms with E-state index in [0.717, 1.165) is 11.1 Å². The van der Waals surface area contributed by atoms with Gasteiger partial charge in [-0.1, -0.05) is 60.7 Å². The molecule has 1 atom stereocenters. The molecule has 2 aromatic rings.